The van der Waals surface area contributed by atoms with Crippen LogP contribution in [0.15, 0.2) is 99.9 Å². The molecule has 1 aromatic heterocycles. The SMILES string of the molecule is COc1cccc(CNC(=O)CSc2nc(-c3ccccc3)[nH]c2S(=O)(=O)c2ccccc2)c1. The quantitative estimate of drug-likeness (QED) is 0.337. The van der Waals surface area contributed by atoms with Gasteiger partial charge in [-0.2, -0.15) is 0 Å². The van der Waals surface area contributed by atoms with Crippen LogP contribution in [0.4, 0.5) is 0 Å². The molecule has 34 heavy (non-hydrogen) atoms. The van der Waals surface area contributed by atoms with E-state index in [0.29, 0.717) is 18.1 Å². The van der Waals surface area contributed by atoms with Crippen molar-refractivity contribution in [2.75, 3.05) is 12.9 Å². The fourth-order valence-electron chi connectivity index (χ4n) is 3.24. The lowest BCUT2D eigenvalue weighted by Crippen LogP contribution is -2.24. The van der Waals surface area contributed by atoms with Gasteiger partial charge in [-0.05, 0) is 29.8 Å². The molecule has 0 atom stereocenters. The molecule has 3 aromatic carbocycles. The molecule has 1 heterocycles. The van der Waals surface area contributed by atoms with Gasteiger partial charge in [0.2, 0.25) is 15.7 Å². The number of thioether (sulfide) groups is 1. The van der Waals surface area contributed by atoms with Crippen molar-refractivity contribution in [3.8, 4) is 17.1 Å². The molecule has 0 bridgehead atoms. The molecule has 0 radical (unpaired) electrons. The predicted octanol–water partition coefficient (Wildman–Crippen LogP) is 4.33. The summed E-state index contributed by atoms with van der Waals surface area (Å²) in [6.07, 6.45) is 0. The summed E-state index contributed by atoms with van der Waals surface area (Å²) in [6, 6.07) is 24.8. The number of carbonyl (C=O) groups excluding carboxylic acids is 1. The summed E-state index contributed by atoms with van der Waals surface area (Å²) >= 11 is 1.08. The molecule has 0 saturated carbocycles. The fraction of sp³-hybridized carbons (Fsp3) is 0.120. The van der Waals surface area contributed by atoms with Gasteiger partial charge in [-0.25, -0.2) is 13.4 Å². The Kier molecular flexibility index (Phi) is 7.34. The van der Waals surface area contributed by atoms with Crippen molar-refractivity contribution >= 4 is 27.5 Å². The highest BCUT2D eigenvalue weighted by atomic mass is 32.2. The van der Waals surface area contributed by atoms with Gasteiger partial charge in [-0.15, -0.1) is 0 Å². The Bertz CT molecular complexity index is 1370. The van der Waals surface area contributed by atoms with Gasteiger partial charge in [-0.1, -0.05) is 72.4 Å². The first-order valence-corrected chi connectivity index (χ1v) is 12.9. The number of hydrogen-bond donors (Lipinski definition) is 2. The average molecular weight is 494 g/mol. The van der Waals surface area contributed by atoms with E-state index in [1.807, 2.05) is 54.6 Å². The van der Waals surface area contributed by atoms with Crippen molar-refractivity contribution in [1.29, 1.82) is 0 Å². The number of sulfone groups is 1. The molecule has 7 nitrogen and oxygen atoms in total. The molecule has 0 aliphatic heterocycles. The lowest BCUT2D eigenvalue weighted by Gasteiger charge is -2.07. The first-order valence-electron chi connectivity index (χ1n) is 10.5. The summed E-state index contributed by atoms with van der Waals surface area (Å²) in [5.41, 5.74) is 1.65. The maximum absolute atomic E-state index is 13.3. The lowest BCUT2D eigenvalue weighted by atomic mass is 10.2. The molecule has 0 unspecified atom stereocenters. The van der Waals surface area contributed by atoms with Crippen LogP contribution >= 0.6 is 11.8 Å². The van der Waals surface area contributed by atoms with E-state index in [9.17, 15) is 13.2 Å². The van der Waals surface area contributed by atoms with Crippen LogP contribution in [0.5, 0.6) is 5.75 Å². The number of benzene rings is 3. The van der Waals surface area contributed by atoms with Gasteiger partial charge in [0.15, 0.2) is 5.03 Å². The Balaban J connectivity index is 1.54. The summed E-state index contributed by atoms with van der Waals surface area (Å²) in [4.78, 5) is 20.1. The van der Waals surface area contributed by atoms with Crippen LogP contribution in [0.2, 0.25) is 0 Å². The molecule has 0 aliphatic rings. The van der Waals surface area contributed by atoms with Crippen LogP contribution in [0.25, 0.3) is 11.4 Å². The minimum Gasteiger partial charge on any atom is -0.497 e. The number of hydrogen-bond acceptors (Lipinski definition) is 6. The first kappa shape index (κ1) is 23.6. The van der Waals surface area contributed by atoms with Gasteiger partial charge in [0.05, 0.1) is 17.8 Å². The summed E-state index contributed by atoms with van der Waals surface area (Å²) in [6.45, 7) is 0.335. The second kappa shape index (κ2) is 10.6. The van der Waals surface area contributed by atoms with E-state index in [0.717, 1.165) is 22.9 Å². The van der Waals surface area contributed by atoms with Crippen LogP contribution in [-0.4, -0.2) is 37.2 Å². The number of carbonyl (C=O) groups is 1. The standard InChI is InChI=1S/C25H23N3O4S2/c1-32-20-12-8-9-18(15-20)16-26-22(29)17-33-24-25(34(30,31)21-13-6-3-7-14-21)28-23(27-24)19-10-4-2-5-11-19/h2-15H,16-17H2,1H3,(H,26,29)(H,27,28). The summed E-state index contributed by atoms with van der Waals surface area (Å²) < 4.78 is 31.8. The molecule has 0 aliphatic carbocycles. The second-order valence-corrected chi connectivity index (χ2v) is 10.2. The Morgan fingerprint density at radius 2 is 1.71 bits per heavy atom. The number of imidazole rings is 1. The Morgan fingerprint density at radius 3 is 2.41 bits per heavy atom. The predicted molar refractivity (Wildman–Crippen MR) is 131 cm³/mol. The van der Waals surface area contributed by atoms with Gasteiger partial charge in [0.25, 0.3) is 0 Å². The third kappa shape index (κ3) is 5.49. The zero-order valence-corrected chi connectivity index (χ0v) is 20.0. The molecule has 4 rings (SSSR count). The van der Waals surface area contributed by atoms with Crippen molar-refractivity contribution in [2.24, 2.45) is 0 Å². The van der Waals surface area contributed by atoms with Gasteiger partial charge in [0.1, 0.15) is 16.6 Å². The zero-order chi connectivity index (χ0) is 24.0. The number of nitrogens with one attached hydrogen (secondary N) is 2. The largest absolute Gasteiger partial charge is 0.497 e. The van der Waals surface area contributed by atoms with Crippen molar-refractivity contribution in [3.05, 3.63) is 90.5 Å². The first-order chi connectivity index (χ1) is 16.5. The number of amides is 1. The molecule has 1 amide bonds. The highest BCUT2D eigenvalue weighted by Gasteiger charge is 2.26. The monoisotopic (exact) mass is 493 g/mol. The van der Waals surface area contributed by atoms with Crippen molar-refractivity contribution in [3.63, 3.8) is 0 Å². The molecule has 0 fully saturated rings. The van der Waals surface area contributed by atoms with E-state index in [1.54, 1.807) is 25.3 Å². The van der Waals surface area contributed by atoms with E-state index in [1.165, 1.54) is 12.1 Å². The maximum Gasteiger partial charge on any atom is 0.230 e. The number of aromatic nitrogens is 2. The average Bonchev–Trinajstić information content (AvgIpc) is 3.33. The lowest BCUT2D eigenvalue weighted by molar-refractivity contribution is -0.118. The molecule has 2 N–H and O–H groups in total. The number of aromatic amines is 1. The van der Waals surface area contributed by atoms with Gasteiger partial charge in [-0.3, -0.25) is 4.79 Å². The van der Waals surface area contributed by atoms with Crippen LogP contribution in [0, 0.1) is 0 Å². The molecule has 9 heteroatoms. The van der Waals surface area contributed by atoms with Crippen LogP contribution < -0.4 is 10.1 Å². The highest BCUT2D eigenvalue weighted by molar-refractivity contribution is 8.00. The van der Waals surface area contributed by atoms with Gasteiger partial charge < -0.3 is 15.0 Å². The topological polar surface area (TPSA) is 101 Å². The minimum absolute atomic E-state index is 0.0142. The molecular formula is C25H23N3O4S2. The highest BCUT2D eigenvalue weighted by Crippen LogP contribution is 2.32. The smallest absolute Gasteiger partial charge is 0.230 e. The van der Waals surface area contributed by atoms with E-state index in [4.69, 9.17) is 4.74 Å². The van der Waals surface area contributed by atoms with E-state index >= 15 is 0 Å². The Labute approximate surface area is 202 Å². The number of rotatable bonds is 9. The molecule has 0 saturated heterocycles. The molecule has 0 spiro atoms. The normalized spacial score (nSPS) is 11.2. The summed E-state index contributed by atoms with van der Waals surface area (Å²) in [5, 5.41) is 3.07. The molecular weight excluding hydrogens is 470 g/mol. The number of H-pyrrole nitrogens is 1. The second-order valence-electron chi connectivity index (χ2n) is 7.32. The number of ether oxygens (including phenoxy) is 1. The molecule has 174 valence electrons. The summed E-state index contributed by atoms with van der Waals surface area (Å²) in [5.74, 6) is 0.914. The van der Waals surface area contributed by atoms with Crippen molar-refractivity contribution < 1.29 is 17.9 Å². The van der Waals surface area contributed by atoms with Gasteiger partial charge >= 0.3 is 0 Å². The van der Waals surface area contributed by atoms with Crippen LogP contribution in [-0.2, 0) is 21.2 Å². The van der Waals surface area contributed by atoms with E-state index in [-0.39, 0.29) is 26.6 Å². The minimum atomic E-state index is -3.85. The van der Waals surface area contributed by atoms with Crippen LogP contribution in [0.3, 0.4) is 0 Å². The fourth-order valence-corrected chi connectivity index (χ4v) is 5.71. The Hall–Kier alpha value is -3.56. The summed E-state index contributed by atoms with van der Waals surface area (Å²) in [7, 11) is -2.27. The third-order valence-corrected chi connectivity index (χ3v) is 7.80. The zero-order valence-electron chi connectivity index (χ0n) is 18.4. The Morgan fingerprint density at radius 1 is 1.00 bits per heavy atom. The maximum atomic E-state index is 13.3. The third-order valence-electron chi connectivity index (χ3n) is 4.97. The number of nitrogens with zero attached hydrogens (tertiary/aromatic N) is 1. The van der Waals surface area contributed by atoms with Gasteiger partial charge in [0, 0.05) is 12.1 Å². The van der Waals surface area contributed by atoms with E-state index in [2.05, 4.69) is 15.3 Å². The van der Waals surface area contributed by atoms with Crippen molar-refractivity contribution in [2.45, 2.75) is 21.5 Å². The van der Waals surface area contributed by atoms with Crippen molar-refractivity contribution in [1.82, 2.24) is 15.3 Å². The molecule has 4 aromatic rings. The number of methoxy groups -OCH3 is 1. The van der Waals surface area contributed by atoms with Crippen LogP contribution in [0.1, 0.15) is 5.56 Å². The van der Waals surface area contributed by atoms with E-state index < -0.39 is 9.84 Å².